The molecule has 6 nitrogen and oxygen atoms in total. The summed E-state index contributed by atoms with van der Waals surface area (Å²) in [5.74, 6) is 0.335. The van der Waals surface area contributed by atoms with Gasteiger partial charge in [0.25, 0.3) is 0 Å². The highest BCUT2D eigenvalue weighted by atomic mass is 35.5. The predicted octanol–water partition coefficient (Wildman–Crippen LogP) is 2.76. The Balaban J connectivity index is 0.00000288. The van der Waals surface area contributed by atoms with Gasteiger partial charge in [-0.1, -0.05) is 11.6 Å². The first-order valence-electron chi connectivity index (χ1n) is 7.95. The van der Waals surface area contributed by atoms with Crippen molar-refractivity contribution in [2.75, 3.05) is 32.0 Å². The number of amides is 2. The zero-order valence-electron chi connectivity index (χ0n) is 14.2. The Morgan fingerprint density at radius 2 is 2.12 bits per heavy atom. The Bertz CT molecular complexity index is 543. The van der Waals surface area contributed by atoms with Crippen LogP contribution in [-0.2, 0) is 9.59 Å². The molecule has 0 radical (unpaired) electrons. The van der Waals surface area contributed by atoms with Crippen LogP contribution >= 0.6 is 36.4 Å². The van der Waals surface area contributed by atoms with Crippen LogP contribution in [0.4, 0.5) is 5.82 Å². The van der Waals surface area contributed by atoms with E-state index >= 15 is 0 Å². The summed E-state index contributed by atoms with van der Waals surface area (Å²) in [7, 11) is 1.87. The van der Waals surface area contributed by atoms with Gasteiger partial charge in [-0.15, -0.1) is 24.8 Å². The summed E-state index contributed by atoms with van der Waals surface area (Å²) >= 11 is 5.78. The third-order valence-corrected chi connectivity index (χ3v) is 4.16. The molecule has 1 fully saturated rings. The molecule has 1 aliphatic rings. The molecule has 2 rings (SSSR count). The molecule has 0 aromatic carbocycles. The second-order valence-electron chi connectivity index (χ2n) is 5.74. The van der Waals surface area contributed by atoms with E-state index in [2.05, 4.69) is 15.6 Å². The molecule has 2 N–H and O–H groups in total. The first-order chi connectivity index (χ1) is 11.1. The van der Waals surface area contributed by atoms with Crippen molar-refractivity contribution in [1.29, 1.82) is 0 Å². The fourth-order valence-electron chi connectivity index (χ4n) is 2.67. The van der Waals surface area contributed by atoms with Gasteiger partial charge < -0.3 is 15.5 Å². The minimum Gasteiger partial charge on any atom is -0.342 e. The lowest BCUT2D eigenvalue weighted by Gasteiger charge is -2.32. The average Bonchev–Trinajstić information content (AvgIpc) is 2.57. The van der Waals surface area contributed by atoms with Crippen molar-refractivity contribution >= 4 is 54.0 Å². The number of likely N-dealkylation sites (tertiary alicyclic amines) is 1. The molecular weight excluding hydrogens is 387 g/mol. The first kappa shape index (κ1) is 23.9. The van der Waals surface area contributed by atoms with Crippen LogP contribution in [0.2, 0.25) is 5.02 Å². The monoisotopic (exact) mass is 410 g/mol. The van der Waals surface area contributed by atoms with E-state index in [1.807, 2.05) is 7.05 Å². The number of nitrogens with one attached hydrogen (secondary N) is 2. The topological polar surface area (TPSA) is 74.3 Å². The van der Waals surface area contributed by atoms with Crippen LogP contribution in [0.5, 0.6) is 0 Å². The maximum Gasteiger partial charge on any atom is 0.230 e. The number of halogens is 3. The fraction of sp³-hybridized carbons (Fsp3) is 0.562. The van der Waals surface area contributed by atoms with Crippen molar-refractivity contribution in [3.05, 3.63) is 23.4 Å². The summed E-state index contributed by atoms with van der Waals surface area (Å²) in [6.45, 7) is 2.05. The normalized spacial score (nSPS) is 16.4. The molecule has 1 saturated heterocycles. The molecular formula is C16H25Cl3N4O2. The maximum atomic E-state index is 12.3. The van der Waals surface area contributed by atoms with Crippen LogP contribution in [0.25, 0.3) is 0 Å². The lowest BCUT2D eigenvalue weighted by Crippen LogP contribution is -2.43. The lowest BCUT2D eigenvalue weighted by atomic mass is 9.96. The fourth-order valence-corrected chi connectivity index (χ4v) is 2.78. The summed E-state index contributed by atoms with van der Waals surface area (Å²) in [5, 5.41) is 6.35. The minimum absolute atomic E-state index is 0. The van der Waals surface area contributed by atoms with Gasteiger partial charge in [0.1, 0.15) is 5.82 Å². The molecule has 0 bridgehead atoms. The Morgan fingerprint density at radius 1 is 1.36 bits per heavy atom. The van der Waals surface area contributed by atoms with Crippen LogP contribution in [0.1, 0.15) is 25.7 Å². The minimum atomic E-state index is -0.186. The van der Waals surface area contributed by atoms with Gasteiger partial charge in [-0.2, -0.15) is 0 Å². The number of nitrogens with zero attached hydrogens (tertiary/aromatic N) is 2. The summed E-state index contributed by atoms with van der Waals surface area (Å²) in [5.41, 5.74) is 0. The molecule has 1 aliphatic heterocycles. The van der Waals surface area contributed by atoms with Gasteiger partial charge in [-0.25, -0.2) is 4.98 Å². The zero-order chi connectivity index (χ0) is 16.7. The van der Waals surface area contributed by atoms with Gasteiger partial charge in [0.2, 0.25) is 11.8 Å². The van der Waals surface area contributed by atoms with E-state index < -0.39 is 0 Å². The van der Waals surface area contributed by atoms with Crippen molar-refractivity contribution in [2.24, 2.45) is 5.92 Å². The summed E-state index contributed by atoms with van der Waals surface area (Å²) < 4.78 is 0. The van der Waals surface area contributed by atoms with E-state index in [1.54, 1.807) is 17.0 Å². The zero-order valence-corrected chi connectivity index (χ0v) is 16.6. The van der Waals surface area contributed by atoms with Gasteiger partial charge in [-0.3, -0.25) is 9.59 Å². The molecule has 2 heterocycles. The smallest absolute Gasteiger partial charge is 0.230 e. The second kappa shape index (κ2) is 12.3. The second-order valence-corrected chi connectivity index (χ2v) is 6.17. The molecule has 1 unspecified atom stereocenters. The molecule has 1 atom stereocenters. The van der Waals surface area contributed by atoms with E-state index in [0.717, 1.165) is 32.4 Å². The number of hydrogen-bond donors (Lipinski definition) is 2. The Labute approximate surface area is 165 Å². The molecule has 0 spiro atoms. The molecule has 1 aromatic heterocycles. The number of hydrogen-bond acceptors (Lipinski definition) is 4. The SMILES string of the molecule is CNCCCC(=O)N1CCCC(C(=O)Nc2ccc(Cl)cn2)C1.Cl.Cl. The number of piperidine rings is 1. The quantitative estimate of drug-likeness (QED) is 0.706. The standard InChI is InChI=1S/C16H23ClN4O2.2ClH/c1-18-8-2-5-15(22)21-9-3-4-12(11-21)16(23)20-14-7-6-13(17)10-19-14;;/h6-7,10,12,18H,2-5,8-9,11H2,1H3,(H,19,20,23);2*1H. The Kier molecular flexibility index (Phi) is 11.8. The lowest BCUT2D eigenvalue weighted by molar-refractivity contribution is -0.134. The van der Waals surface area contributed by atoms with Gasteiger partial charge >= 0.3 is 0 Å². The van der Waals surface area contributed by atoms with E-state index in [1.165, 1.54) is 6.20 Å². The number of carbonyl (C=O) groups excluding carboxylic acids is 2. The van der Waals surface area contributed by atoms with Crippen molar-refractivity contribution in [2.45, 2.75) is 25.7 Å². The van der Waals surface area contributed by atoms with Crippen molar-refractivity contribution in [1.82, 2.24) is 15.2 Å². The first-order valence-corrected chi connectivity index (χ1v) is 8.32. The van der Waals surface area contributed by atoms with Crippen LogP contribution in [0, 0.1) is 5.92 Å². The number of carbonyl (C=O) groups is 2. The van der Waals surface area contributed by atoms with E-state index in [9.17, 15) is 9.59 Å². The number of rotatable bonds is 6. The highest BCUT2D eigenvalue weighted by Crippen LogP contribution is 2.19. The highest BCUT2D eigenvalue weighted by molar-refractivity contribution is 6.30. The molecule has 9 heteroatoms. The van der Waals surface area contributed by atoms with Crippen LogP contribution in [0.3, 0.4) is 0 Å². The predicted molar refractivity (Wildman–Crippen MR) is 105 cm³/mol. The average molecular weight is 412 g/mol. The Morgan fingerprint density at radius 3 is 2.76 bits per heavy atom. The van der Waals surface area contributed by atoms with E-state index in [-0.39, 0.29) is 42.5 Å². The summed E-state index contributed by atoms with van der Waals surface area (Å²) in [4.78, 5) is 30.4. The largest absolute Gasteiger partial charge is 0.342 e. The summed E-state index contributed by atoms with van der Waals surface area (Å²) in [6.07, 6.45) is 4.48. The van der Waals surface area contributed by atoms with Gasteiger partial charge in [0.05, 0.1) is 10.9 Å². The molecule has 25 heavy (non-hydrogen) atoms. The van der Waals surface area contributed by atoms with Crippen molar-refractivity contribution in [3.63, 3.8) is 0 Å². The molecule has 142 valence electrons. The van der Waals surface area contributed by atoms with Crippen LogP contribution in [-0.4, -0.2) is 48.4 Å². The molecule has 2 amide bonds. The van der Waals surface area contributed by atoms with Gasteiger partial charge in [0, 0.05) is 25.7 Å². The highest BCUT2D eigenvalue weighted by Gasteiger charge is 2.28. The van der Waals surface area contributed by atoms with Crippen molar-refractivity contribution in [3.8, 4) is 0 Å². The number of pyridine rings is 1. The number of aromatic nitrogens is 1. The third kappa shape index (κ3) is 7.77. The van der Waals surface area contributed by atoms with E-state index in [4.69, 9.17) is 11.6 Å². The van der Waals surface area contributed by atoms with E-state index in [0.29, 0.717) is 23.8 Å². The third-order valence-electron chi connectivity index (χ3n) is 3.94. The number of anilines is 1. The van der Waals surface area contributed by atoms with Gasteiger partial charge in [-0.05, 0) is 45.0 Å². The maximum absolute atomic E-state index is 12.3. The van der Waals surface area contributed by atoms with Crippen molar-refractivity contribution < 1.29 is 9.59 Å². The molecule has 1 aromatic rings. The molecule has 0 aliphatic carbocycles. The molecule has 0 saturated carbocycles. The van der Waals surface area contributed by atoms with Crippen LogP contribution < -0.4 is 10.6 Å². The Hall–Kier alpha value is -1.08. The van der Waals surface area contributed by atoms with Crippen LogP contribution in [0.15, 0.2) is 18.3 Å². The van der Waals surface area contributed by atoms with Gasteiger partial charge in [0.15, 0.2) is 0 Å². The summed E-state index contributed by atoms with van der Waals surface area (Å²) in [6, 6.07) is 3.35.